The summed E-state index contributed by atoms with van der Waals surface area (Å²) in [5.74, 6) is 0.693. The molecule has 3 nitrogen and oxygen atoms in total. The van der Waals surface area contributed by atoms with Crippen LogP contribution < -0.4 is 0 Å². The molecule has 0 fully saturated rings. The number of halogens is 1. The van der Waals surface area contributed by atoms with Crippen LogP contribution in [0.1, 0.15) is 27.2 Å². The van der Waals surface area contributed by atoms with Gasteiger partial charge >= 0.3 is 0 Å². The molecule has 0 radical (unpaired) electrons. The topological polar surface area (TPSA) is 33.5 Å². The zero-order chi connectivity index (χ0) is 16.9. The van der Waals surface area contributed by atoms with Crippen LogP contribution in [0.15, 0.2) is 71.3 Å². The van der Waals surface area contributed by atoms with Gasteiger partial charge in [-0.15, -0.1) is 0 Å². The molecule has 0 N–H and O–H groups in total. The number of furan rings is 1. The number of aryl methyl sites for hydroxylation is 1. The van der Waals surface area contributed by atoms with Crippen molar-refractivity contribution in [1.29, 1.82) is 0 Å². The molecule has 3 rings (SSSR count). The summed E-state index contributed by atoms with van der Waals surface area (Å²) in [5.41, 5.74) is 2.62. The van der Waals surface area contributed by atoms with Crippen molar-refractivity contribution >= 4 is 17.5 Å². The molecule has 3 aromatic rings. The van der Waals surface area contributed by atoms with E-state index in [-0.39, 0.29) is 5.91 Å². The summed E-state index contributed by atoms with van der Waals surface area (Å²) in [6.45, 7) is 2.79. The second-order valence-corrected chi connectivity index (χ2v) is 6.11. The summed E-state index contributed by atoms with van der Waals surface area (Å²) >= 11 is 6.26. The van der Waals surface area contributed by atoms with Crippen molar-refractivity contribution in [2.45, 2.75) is 20.0 Å². The number of carbonyl (C=O) groups is 1. The smallest absolute Gasteiger partial charge is 0.254 e. The Labute approximate surface area is 146 Å². The first kappa shape index (κ1) is 16.3. The molecule has 4 heteroatoms. The van der Waals surface area contributed by atoms with Gasteiger partial charge in [-0.1, -0.05) is 47.5 Å². The van der Waals surface area contributed by atoms with Crippen LogP contribution in [0, 0.1) is 6.92 Å². The van der Waals surface area contributed by atoms with E-state index in [0.29, 0.717) is 23.7 Å². The Morgan fingerprint density at radius 2 is 1.88 bits per heavy atom. The predicted octanol–water partition coefficient (Wildman–Crippen LogP) is 5.08. The van der Waals surface area contributed by atoms with Crippen LogP contribution in [0.25, 0.3) is 0 Å². The maximum atomic E-state index is 13.0. The van der Waals surface area contributed by atoms with Gasteiger partial charge in [-0.25, -0.2) is 0 Å². The molecule has 24 heavy (non-hydrogen) atoms. The zero-order valence-corrected chi connectivity index (χ0v) is 14.2. The van der Waals surface area contributed by atoms with Gasteiger partial charge in [-0.2, -0.15) is 0 Å². The van der Waals surface area contributed by atoms with Crippen LogP contribution in [0.5, 0.6) is 0 Å². The molecule has 0 aliphatic carbocycles. The van der Waals surface area contributed by atoms with Crippen molar-refractivity contribution in [2.24, 2.45) is 0 Å². The third-order valence-corrected chi connectivity index (χ3v) is 4.17. The fourth-order valence-electron chi connectivity index (χ4n) is 2.58. The van der Waals surface area contributed by atoms with Gasteiger partial charge < -0.3 is 9.32 Å². The maximum Gasteiger partial charge on any atom is 0.254 e. The Bertz CT molecular complexity index is 827. The van der Waals surface area contributed by atoms with Gasteiger partial charge in [0.2, 0.25) is 0 Å². The quantitative estimate of drug-likeness (QED) is 0.649. The predicted molar refractivity (Wildman–Crippen MR) is 94.9 cm³/mol. The summed E-state index contributed by atoms with van der Waals surface area (Å²) in [7, 11) is 0. The molecule has 0 aliphatic rings. The number of amides is 1. The van der Waals surface area contributed by atoms with Crippen molar-refractivity contribution in [3.63, 3.8) is 0 Å². The molecule has 0 atom stereocenters. The summed E-state index contributed by atoms with van der Waals surface area (Å²) in [6, 6.07) is 18.8. The number of benzene rings is 2. The molecule has 1 amide bonds. The van der Waals surface area contributed by atoms with E-state index in [4.69, 9.17) is 16.0 Å². The molecule has 2 aromatic carbocycles. The van der Waals surface area contributed by atoms with E-state index in [1.807, 2.05) is 67.6 Å². The van der Waals surface area contributed by atoms with Crippen molar-refractivity contribution in [1.82, 2.24) is 4.90 Å². The van der Waals surface area contributed by atoms with Crippen LogP contribution in [0.4, 0.5) is 0 Å². The average molecular weight is 340 g/mol. The first-order valence-electron chi connectivity index (χ1n) is 7.75. The van der Waals surface area contributed by atoms with Gasteiger partial charge in [-0.3, -0.25) is 4.79 Å². The third kappa shape index (κ3) is 3.87. The van der Waals surface area contributed by atoms with Gasteiger partial charge in [0.25, 0.3) is 5.91 Å². The summed E-state index contributed by atoms with van der Waals surface area (Å²) < 4.78 is 5.41. The molecular weight excluding hydrogens is 322 g/mol. The Kier molecular flexibility index (Phi) is 5.02. The van der Waals surface area contributed by atoms with Crippen LogP contribution in [0.3, 0.4) is 0 Å². The Morgan fingerprint density at radius 3 is 2.58 bits per heavy atom. The average Bonchev–Trinajstić information content (AvgIpc) is 3.08. The monoisotopic (exact) mass is 339 g/mol. The van der Waals surface area contributed by atoms with Gasteiger partial charge in [0.15, 0.2) is 0 Å². The molecule has 0 saturated carbocycles. The van der Waals surface area contributed by atoms with Gasteiger partial charge in [0.1, 0.15) is 5.76 Å². The van der Waals surface area contributed by atoms with Crippen molar-refractivity contribution in [3.05, 3.63) is 94.4 Å². The van der Waals surface area contributed by atoms with E-state index in [1.54, 1.807) is 11.2 Å². The SMILES string of the molecule is Cc1cccc(C(=O)N(Cc2ccco2)Cc2ccccc2Cl)c1. The molecule has 0 aliphatic heterocycles. The van der Waals surface area contributed by atoms with E-state index in [0.717, 1.165) is 16.9 Å². The van der Waals surface area contributed by atoms with Crippen molar-refractivity contribution in [2.75, 3.05) is 0 Å². The third-order valence-electron chi connectivity index (χ3n) is 3.80. The minimum Gasteiger partial charge on any atom is -0.467 e. The van der Waals surface area contributed by atoms with E-state index >= 15 is 0 Å². The van der Waals surface area contributed by atoms with Gasteiger partial charge in [-0.05, 0) is 42.8 Å². The highest BCUT2D eigenvalue weighted by molar-refractivity contribution is 6.31. The molecule has 0 spiro atoms. The normalized spacial score (nSPS) is 10.6. The van der Waals surface area contributed by atoms with Gasteiger partial charge in [0, 0.05) is 17.1 Å². The maximum absolute atomic E-state index is 13.0. The highest BCUT2D eigenvalue weighted by Crippen LogP contribution is 2.20. The highest BCUT2D eigenvalue weighted by atomic mass is 35.5. The van der Waals surface area contributed by atoms with E-state index in [2.05, 4.69) is 0 Å². The van der Waals surface area contributed by atoms with Crippen LogP contribution in [-0.4, -0.2) is 10.8 Å². The van der Waals surface area contributed by atoms with E-state index in [1.165, 1.54) is 0 Å². The number of hydrogen-bond acceptors (Lipinski definition) is 2. The zero-order valence-electron chi connectivity index (χ0n) is 13.4. The minimum absolute atomic E-state index is 0.0463. The van der Waals surface area contributed by atoms with Crippen LogP contribution in [0.2, 0.25) is 5.02 Å². The molecule has 0 unspecified atom stereocenters. The first-order valence-corrected chi connectivity index (χ1v) is 8.13. The molecule has 1 aromatic heterocycles. The Balaban J connectivity index is 1.89. The molecule has 0 saturated heterocycles. The molecule has 1 heterocycles. The second kappa shape index (κ2) is 7.37. The minimum atomic E-state index is -0.0463. The van der Waals surface area contributed by atoms with Crippen molar-refractivity contribution < 1.29 is 9.21 Å². The van der Waals surface area contributed by atoms with Crippen LogP contribution in [-0.2, 0) is 13.1 Å². The number of nitrogens with zero attached hydrogens (tertiary/aromatic N) is 1. The number of carbonyl (C=O) groups excluding carboxylic acids is 1. The number of hydrogen-bond donors (Lipinski definition) is 0. The number of rotatable bonds is 5. The lowest BCUT2D eigenvalue weighted by atomic mass is 10.1. The standard InChI is InChI=1S/C20H18ClNO2/c1-15-6-4-8-16(12-15)20(23)22(14-18-9-5-11-24-18)13-17-7-2-3-10-19(17)21/h2-12H,13-14H2,1H3. The van der Waals surface area contributed by atoms with Crippen LogP contribution >= 0.6 is 11.6 Å². The second-order valence-electron chi connectivity index (χ2n) is 5.70. The molecule has 122 valence electrons. The lowest BCUT2D eigenvalue weighted by molar-refractivity contribution is 0.0717. The fourth-order valence-corrected chi connectivity index (χ4v) is 2.78. The lowest BCUT2D eigenvalue weighted by Crippen LogP contribution is -2.30. The lowest BCUT2D eigenvalue weighted by Gasteiger charge is -2.22. The van der Waals surface area contributed by atoms with Crippen molar-refractivity contribution in [3.8, 4) is 0 Å². The first-order chi connectivity index (χ1) is 11.6. The van der Waals surface area contributed by atoms with Gasteiger partial charge in [0.05, 0.1) is 12.8 Å². The highest BCUT2D eigenvalue weighted by Gasteiger charge is 2.19. The van der Waals surface area contributed by atoms with E-state index in [9.17, 15) is 4.79 Å². The summed E-state index contributed by atoms with van der Waals surface area (Å²) in [4.78, 5) is 14.7. The Hall–Kier alpha value is -2.52. The van der Waals surface area contributed by atoms with E-state index < -0.39 is 0 Å². The summed E-state index contributed by atoms with van der Waals surface area (Å²) in [5, 5.41) is 0.652. The molecule has 0 bridgehead atoms. The Morgan fingerprint density at radius 1 is 1.04 bits per heavy atom. The molecular formula is C20H18ClNO2. The largest absolute Gasteiger partial charge is 0.467 e. The summed E-state index contributed by atoms with van der Waals surface area (Å²) in [6.07, 6.45) is 1.61. The fraction of sp³-hybridized carbons (Fsp3) is 0.150.